The maximum atomic E-state index is 13.1. The topological polar surface area (TPSA) is 23.5 Å². The van der Waals surface area contributed by atoms with Crippen molar-refractivity contribution in [3.8, 4) is 0 Å². The van der Waals surface area contributed by atoms with E-state index in [-0.39, 0.29) is 5.82 Å². The van der Waals surface area contributed by atoms with Gasteiger partial charge in [-0.2, -0.15) is 0 Å². The summed E-state index contributed by atoms with van der Waals surface area (Å²) in [4.78, 5) is 2.41. The number of hydrogen-bond acceptors (Lipinski definition) is 2. The van der Waals surface area contributed by atoms with Crippen molar-refractivity contribution in [3.05, 3.63) is 35.6 Å². The fraction of sp³-hybridized carbons (Fsp3) is 0.571. The van der Waals surface area contributed by atoms with E-state index in [9.17, 15) is 9.50 Å². The van der Waals surface area contributed by atoms with Gasteiger partial charge >= 0.3 is 0 Å². The predicted molar refractivity (Wildman–Crippen MR) is 64.2 cm³/mol. The highest BCUT2D eigenvalue weighted by Crippen LogP contribution is 2.37. The van der Waals surface area contributed by atoms with E-state index in [0.29, 0.717) is 12.3 Å². The number of hydrogen-bond donors (Lipinski definition) is 1. The second kappa shape index (κ2) is 4.07. The smallest absolute Gasteiger partial charge is 0.123 e. The van der Waals surface area contributed by atoms with Crippen LogP contribution in [0.25, 0.3) is 0 Å². The van der Waals surface area contributed by atoms with Gasteiger partial charge in [0.25, 0.3) is 0 Å². The predicted octanol–water partition coefficient (Wildman–Crippen LogP) is 1.82. The zero-order chi connectivity index (χ0) is 11.9. The van der Waals surface area contributed by atoms with Crippen LogP contribution in [0.1, 0.15) is 18.4 Å². The highest BCUT2D eigenvalue weighted by molar-refractivity contribution is 5.19. The first-order valence-electron chi connectivity index (χ1n) is 6.35. The zero-order valence-corrected chi connectivity index (χ0v) is 9.90. The van der Waals surface area contributed by atoms with Crippen molar-refractivity contribution < 1.29 is 9.50 Å². The zero-order valence-electron chi connectivity index (χ0n) is 9.90. The molecule has 0 spiro atoms. The van der Waals surface area contributed by atoms with E-state index < -0.39 is 5.60 Å². The largest absolute Gasteiger partial charge is 0.389 e. The molecule has 2 nitrogen and oxygen atoms in total. The second-order valence-corrected chi connectivity index (χ2v) is 5.45. The molecule has 2 aliphatic rings. The van der Waals surface area contributed by atoms with E-state index in [2.05, 4.69) is 4.90 Å². The highest BCUT2D eigenvalue weighted by Gasteiger charge is 2.44. The summed E-state index contributed by atoms with van der Waals surface area (Å²) in [5, 5.41) is 10.8. The maximum absolute atomic E-state index is 13.1. The summed E-state index contributed by atoms with van der Waals surface area (Å²) in [5.74, 6) is 0.148. The van der Waals surface area contributed by atoms with Crippen LogP contribution in [0.5, 0.6) is 0 Å². The minimum atomic E-state index is -0.624. The number of benzene rings is 1. The average molecular weight is 235 g/mol. The number of fused-ring (bicyclic) bond motifs is 2. The third-order valence-corrected chi connectivity index (χ3v) is 4.29. The minimum absolute atomic E-state index is 0.213. The Labute approximate surface area is 101 Å². The van der Waals surface area contributed by atoms with Crippen LogP contribution in [-0.2, 0) is 6.42 Å². The van der Waals surface area contributed by atoms with E-state index >= 15 is 0 Å². The molecule has 2 heterocycles. The van der Waals surface area contributed by atoms with Gasteiger partial charge in [-0.1, -0.05) is 12.1 Å². The van der Waals surface area contributed by atoms with Gasteiger partial charge in [0.2, 0.25) is 0 Å². The van der Waals surface area contributed by atoms with Crippen LogP contribution in [-0.4, -0.2) is 35.2 Å². The highest BCUT2D eigenvalue weighted by atomic mass is 19.1. The van der Waals surface area contributed by atoms with Gasteiger partial charge in [-0.3, -0.25) is 0 Å². The summed E-state index contributed by atoms with van der Waals surface area (Å²) in [7, 11) is 0. The Bertz CT molecular complexity index is 422. The van der Waals surface area contributed by atoms with Crippen molar-refractivity contribution in [2.45, 2.75) is 24.9 Å². The normalized spacial score (nSPS) is 36.1. The van der Waals surface area contributed by atoms with E-state index in [0.717, 1.165) is 38.0 Å². The van der Waals surface area contributed by atoms with Gasteiger partial charge in [0.05, 0.1) is 5.60 Å². The van der Waals surface area contributed by atoms with Gasteiger partial charge in [0.1, 0.15) is 5.82 Å². The Hall–Kier alpha value is -0.930. The number of piperidine rings is 1. The minimum Gasteiger partial charge on any atom is -0.389 e. The first-order chi connectivity index (χ1) is 8.16. The lowest BCUT2D eigenvalue weighted by molar-refractivity contribution is -0.0439. The molecule has 2 bridgehead atoms. The lowest BCUT2D eigenvalue weighted by Crippen LogP contribution is -2.47. The fourth-order valence-electron chi connectivity index (χ4n) is 3.26. The van der Waals surface area contributed by atoms with Gasteiger partial charge in [0, 0.05) is 25.4 Å². The van der Waals surface area contributed by atoms with Gasteiger partial charge in [-0.15, -0.1) is 0 Å². The second-order valence-electron chi connectivity index (χ2n) is 5.45. The quantitative estimate of drug-likeness (QED) is 0.845. The lowest BCUT2D eigenvalue weighted by Gasteiger charge is -2.39. The van der Waals surface area contributed by atoms with Crippen molar-refractivity contribution >= 4 is 0 Å². The van der Waals surface area contributed by atoms with Crippen LogP contribution in [0.3, 0.4) is 0 Å². The molecule has 2 aliphatic heterocycles. The Balaban J connectivity index is 1.79. The van der Waals surface area contributed by atoms with Gasteiger partial charge in [-0.05, 0) is 37.1 Å². The molecule has 1 aromatic rings. The molecule has 3 heteroatoms. The van der Waals surface area contributed by atoms with Crippen molar-refractivity contribution in [1.82, 2.24) is 4.90 Å². The molecular weight excluding hydrogens is 217 g/mol. The van der Waals surface area contributed by atoms with Gasteiger partial charge in [-0.25, -0.2) is 4.39 Å². The van der Waals surface area contributed by atoms with Crippen LogP contribution >= 0.6 is 0 Å². The molecule has 0 radical (unpaired) electrons. The number of nitrogens with zero attached hydrogens (tertiary/aromatic N) is 1. The van der Waals surface area contributed by atoms with E-state index in [4.69, 9.17) is 0 Å². The summed E-state index contributed by atoms with van der Waals surface area (Å²) in [6, 6.07) is 6.62. The molecule has 3 unspecified atom stereocenters. The third kappa shape index (κ3) is 2.09. The van der Waals surface area contributed by atoms with E-state index in [1.54, 1.807) is 12.1 Å². The number of halogens is 1. The summed E-state index contributed by atoms with van der Waals surface area (Å²) < 4.78 is 13.1. The Morgan fingerprint density at radius 1 is 1.41 bits per heavy atom. The van der Waals surface area contributed by atoms with Gasteiger partial charge < -0.3 is 10.0 Å². The Kier molecular flexibility index (Phi) is 2.68. The third-order valence-electron chi connectivity index (χ3n) is 4.29. The first kappa shape index (κ1) is 11.2. The molecule has 2 saturated heterocycles. The first-order valence-corrected chi connectivity index (χ1v) is 6.35. The molecule has 1 aromatic carbocycles. The van der Waals surface area contributed by atoms with Crippen LogP contribution < -0.4 is 0 Å². The van der Waals surface area contributed by atoms with Gasteiger partial charge in [0.15, 0.2) is 0 Å². The Morgan fingerprint density at radius 2 is 2.29 bits per heavy atom. The lowest BCUT2D eigenvalue weighted by atomic mass is 9.78. The van der Waals surface area contributed by atoms with Crippen molar-refractivity contribution in [1.29, 1.82) is 0 Å². The monoisotopic (exact) mass is 235 g/mol. The molecular formula is C14H18FNO. The summed E-state index contributed by atoms with van der Waals surface area (Å²) >= 11 is 0. The van der Waals surface area contributed by atoms with Crippen LogP contribution in [0.4, 0.5) is 4.39 Å². The molecule has 17 heavy (non-hydrogen) atoms. The molecule has 0 aliphatic carbocycles. The van der Waals surface area contributed by atoms with E-state index in [1.807, 2.05) is 6.07 Å². The molecule has 3 atom stereocenters. The van der Waals surface area contributed by atoms with Crippen LogP contribution in [0.2, 0.25) is 0 Å². The van der Waals surface area contributed by atoms with Crippen molar-refractivity contribution in [2.75, 3.05) is 19.6 Å². The summed E-state index contributed by atoms with van der Waals surface area (Å²) in [5.41, 5.74) is 0.286. The molecule has 0 aromatic heterocycles. The van der Waals surface area contributed by atoms with Crippen LogP contribution in [0.15, 0.2) is 24.3 Å². The fourth-order valence-corrected chi connectivity index (χ4v) is 3.26. The summed E-state index contributed by atoms with van der Waals surface area (Å²) in [6.45, 7) is 3.09. The Morgan fingerprint density at radius 3 is 3.12 bits per heavy atom. The molecule has 0 saturated carbocycles. The van der Waals surface area contributed by atoms with E-state index in [1.165, 1.54) is 6.07 Å². The molecule has 1 N–H and O–H groups in total. The van der Waals surface area contributed by atoms with Crippen molar-refractivity contribution in [3.63, 3.8) is 0 Å². The average Bonchev–Trinajstić information content (AvgIpc) is 2.70. The molecule has 2 fully saturated rings. The SMILES string of the molecule is OC1(Cc2cccc(F)c2)CCN2CCC1C2. The molecule has 3 rings (SSSR count). The van der Waals surface area contributed by atoms with Crippen LogP contribution in [0, 0.1) is 11.7 Å². The number of aliphatic hydroxyl groups is 1. The molecule has 0 amide bonds. The van der Waals surface area contributed by atoms with Crippen molar-refractivity contribution in [2.24, 2.45) is 5.92 Å². The molecule has 92 valence electrons. The number of rotatable bonds is 2. The maximum Gasteiger partial charge on any atom is 0.123 e. The standard InChI is InChI=1S/C14H18FNO/c15-13-3-1-2-11(8-13)9-14(17)5-7-16-6-4-12(14)10-16/h1-3,8,12,17H,4-7,9-10H2. The summed E-state index contributed by atoms with van der Waals surface area (Å²) in [6.07, 6.45) is 2.48.